The first-order valence-electron chi connectivity index (χ1n) is 9.23. The zero-order valence-electron chi connectivity index (χ0n) is 15.7. The molecule has 0 atom stereocenters. The van der Waals surface area contributed by atoms with Crippen LogP contribution in [0, 0.1) is 0 Å². The van der Waals surface area contributed by atoms with Crippen LogP contribution in [-0.2, 0) is 19.7 Å². The van der Waals surface area contributed by atoms with Gasteiger partial charge in [0, 0.05) is 29.9 Å². The predicted octanol–water partition coefficient (Wildman–Crippen LogP) is 3.11. The summed E-state index contributed by atoms with van der Waals surface area (Å²) in [4.78, 5) is 26.6. The number of anilines is 1. The van der Waals surface area contributed by atoms with Crippen molar-refractivity contribution in [3.05, 3.63) is 41.6 Å². The molecule has 5 heteroatoms. The number of esters is 1. The molecule has 1 aromatic rings. The number of para-hydroxylation sites is 1. The van der Waals surface area contributed by atoms with E-state index in [2.05, 4.69) is 19.9 Å². The van der Waals surface area contributed by atoms with Crippen molar-refractivity contribution in [3.8, 4) is 0 Å². The number of nitrogens with zero attached hydrogens (tertiary/aromatic N) is 1. The van der Waals surface area contributed by atoms with Crippen LogP contribution in [0.2, 0.25) is 0 Å². The Kier molecular flexibility index (Phi) is 4.93. The van der Waals surface area contributed by atoms with Crippen LogP contribution in [0.15, 0.2) is 36.0 Å². The second-order valence-corrected chi connectivity index (χ2v) is 7.87. The van der Waals surface area contributed by atoms with Gasteiger partial charge in [-0.2, -0.15) is 0 Å². The third-order valence-corrected chi connectivity index (χ3v) is 5.64. The maximum Gasteiger partial charge on any atom is 0.338 e. The van der Waals surface area contributed by atoms with Crippen LogP contribution in [-0.4, -0.2) is 36.1 Å². The Morgan fingerprint density at radius 3 is 2.50 bits per heavy atom. The van der Waals surface area contributed by atoms with E-state index in [0.717, 1.165) is 36.2 Å². The SMILES string of the molecule is CN1/C(=C\C(=O)COC(=O)C2(O)CCCCC2)C(C)(C)c2ccccc21. The summed E-state index contributed by atoms with van der Waals surface area (Å²) in [6.45, 7) is 3.81. The molecule has 1 aliphatic heterocycles. The van der Waals surface area contributed by atoms with Gasteiger partial charge in [-0.25, -0.2) is 4.79 Å². The fourth-order valence-electron chi connectivity index (χ4n) is 4.06. The molecule has 0 radical (unpaired) electrons. The average Bonchev–Trinajstić information content (AvgIpc) is 2.81. The Balaban J connectivity index is 1.69. The van der Waals surface area contributed by atoms with Gasteiger partial charge in [-0.1, -0.05) is 38.5 Å². The van der Waals surface area contributed by atoms with Crippen LogP contribution >= 0.6 is 0 Å². The zero-order valence-corrected chi connectivity index (χ0v) is 15.7. The number of carbonyl (C=O) groups is 2. The van der Waals surface area contributed by atoms with Crippen LogP contribution in [0.25, 0.3) is 0 Å². The molecular formula is C21H27NO4. The van der Waals surface area contributed by atoms with Crippen molar-refractivity contribution in [2.24, 2.45) is 0 Å². The van der Waals surface area contributed by atoms with Crippen molar-refractivity contribution in [1.82, 2.24) is 0 Å². The van der Waals surface area contributed by atoms with Crippen molar-refractivity contribution in [1.29, 1.82) is 0 Å². The van der Waals surface area contributed by atoms with E-state index in [9.17, 15) is 14.7 Å². The number of fused-ring (bicyclic) bond motifs is 1. The highest BCUT2D eigenvalue weighted by Gasteiger charge is 2.40. The number of benzene rings is 1. The van der Waals surface area contributed by atoms with Gasteiger partial charge >= 0.3 is 5.97 Å². The fourth-order valence-corrected chi connectivity index (χ4v) is 4.06. The minimum absolute atomic E-state index is 0.277. The maximum atomic E-state index is 12.4. The molecule has 1 aliphatic carbocycles. The highest BCUT2D eigenvalue weighted by atomic mass is 16.6. The maximum absolute atomic E-state index is 12.4. The third kappa shape index (κ3) is 3.28. The second-order valence-electron chi connectivity index (χ2n) is 7.87. The lowest BCUT2D eigenvalue weighted by Crippen LogP contribution is -2.42. The quantitative estimate of drug-likeness (QED) is 0.662. The van der Waals surface area contributed by atoms with Gasteiger partial charge in [0.25, 0.3) is 0 Å². The molecule has 2 aliphatic rings. The lowest BCUT2D eigenvalue weighted by atomic mass is 9.83. The van der Waals surface area contributed by atoms with Gasteiger partial charge in [0.05, 0.1) is 0 Å². The van der Waals surface area contributed by atoms with Crippen molar-refractivity contribution in [3.63, 3.8) is 0 Å². The van der Waals surface area contributed by atoms with Crippen LogP contribution in [0.4, 0.5) is 5.69 Å². The Morgan fingerprint density at radius 2 is 1.85 bits per heavy atom. The molecule has 0 spiro atoms. The molecule has 0 amide bonds. The number of hydrogen-bond donors (Lipinski definition) is 1. The van der Waals surface area contributed by atoms with Gasteiger partial charge in [-0.15, -0.1) is 0 Å². The molecule has 1 aromatic carbocycles. The number of likely N-dealkylation sites (N-methyl/N-ethyl adjacent to an activating group) is 1. The van der Waals surface area contributed by atoms with E-state index < -0.39 is 11.6 Å². The van der Waals surface area contributed by atoms with Gasteiger partial charge in [-0.3, -0.25) is 4.79 Å². The van der Waals surface area contributed by atoms with Crippen LogP contribution in [0.1, 0.15) is 51.5 Å². The number of ketones is 1. The molecule has 0 aromatic heterocycles. The molecule has 26 heavy (non-hydrogen) atoms. The summed E-state index contributed by atoms with van der Waals surface area (Å²) in [6, 6.07) is 8.06. The molecule has 1 fully saturated rings. The summed E-state index contributed by atoms with van der Waals surface area (Å²) in [6.07, 6.45) is 5.00. The third-order valence-electron chi connectivity index (χ3n) is 5.64. The number of ether oxygens (including phenoxy) is 1. The average molecular weight is 357 g/mol. The molecule has 0 unspecified atom stereocenters. The molecule has 0 saturated heterocycles. The second kappa shape index (κ2) is 6.88. The summed E-state index contributed by atoms with van der Waals surface area (Å²) >= 11 is 0. The van der Waals surface area contributed by atoms with Gasteiger partial charge in [0.15, 0.2) is 18.0 Å². The molecule has 1 saturated carbocycles. The van der Waals surface area contributed by atoms with E-state index in [1.807, 2.05) is 30.1 Å². The largest absolute Gasteiger partial charge is 0.455 e. The minimum Gasteiger partial charge on any atom is -0.455 e. The van der Waals surface area contributed by atoms with Crippen molar-refractivity contribution < 1.29 is 19.4 Å². The lowest BCUT2D eigenvalue weighted by molar-refractivity contribution is -0.170. The van der Waals surface area contributed by atoms with Gasteiger partial charge in [0.2, 0.25) is 0 Å². The first-order valence-corrected chi connectivity index (χ1v) is 9.23. The molecule has 140 valence electrons. The van der Waals surface area contributed by atoms with Gasteiger partial charge in [0.1, 0.15) is 0 Å². The highest BCUT2D eigenvalue weighted by Crippen LogP contribution is 2.46. The summed E-state index contributed by atoms with van der Waals surface area (Å²) in [5.74, 6) is -0.952. The van der Waals surface area contributed by atoms with Crippen molar-refractivity contribution in [2.45, 2.75) is 57.0 Å². The smallest absolute Gasteiger partial charge is 0.338 e. The number of carbonyl (C=O) groups excluding carboxylic acids is 2. The van der Waals surface area contributed by atoms with E-state index in [1.165, 1.54) is 0 Å². The zero-order chi connectivity index (χ0) is 18.9. The summed E-state index contributed by atoms with van der Waals surface area (Å²) in [5.41, 5.74) is 1.38. The molecule has 1 heterocycles. The first-order chi connectivity index (χ1) is 12.3. The highest BCUT2D eigenvalue weighted by molar-refractivity contribution is 5.95. The standard InChI is InChI=1S/C21H27NO4/c1-20(2)16-9-5-6-10-17(16)22(3)18(20)13-15(23)14-26-19(24)21(25)11-7-4-8-12-21/h5-6,9-10,13,25H,4,7-8,11-12,14H2,1-3H3/b18-13-. The Labute approximate surface area is 154 Å². The summed E-state index contributed by atoms with van der Waals surface area (Å²) in [5, 5.41) is 10.4. The first kappa shape index (κ1) is 18.6. The molecule has 3 rings (SSSR count). The molecule has 5 nitrogen and oxygen atoms in total. The number of hydrogen-bond acceptors (Lipinski definition) is 5. The summed E-state index contributed by atoms with van der Waals surface area (Å²) in [7, 11) is 1.93. The van der Waals surface area contributed by atoms with Gasteiger partial charge < -0.3 is 14.7 Å². The van der Waals surface area contributed by atoms with Crippen molar-refractivity contribution in [2.75, 3.05) is 18.6 Å². The number of aliphatic hydroxyl groups is 1. The molecule has 0 bridgehead atoms. The minimum atomic E-state index is -1.43. The van der Waals surface area contributed by atoms with E-state index >= 15 is 0 Å². The number of allylic oxidation sites excluding steroid dienone is 1. The fraction of sp³-hybridized carbons (Fsp3) is 0.524. The lowest BCUT2D eigenvalue weighted by Gasteiger charge is -2.29. The molecular weight excluding hydrogens is 330 g/mol. The van der Waals surface area contributed by atoms with Crippen LogP contribution in [0.3, 0.4) is 0 Å². The number of rotatable bonds is 4. The normalized spacial score (nSPS) is 22.2. The van der Waals surface area contributed by atoms with E-state index in [1.54, 1.807) is 6.08 Å². The van der Waals surface area contributed by atoms with E-state index in [0.29, 0.717) is 12.8 Å². The van der Waals surface area contributed by atoms with E-state index in [-0.39, 0.29) is 17.8 Å². The van der Waals surface area contributed by atoms with Crippen LogP contribution < -0.4 is 4.90 Å². The predicted molar refractivity (Wildman–Crippen MR) is 100.0 cm³/mol. The molecule has 1 N–H and O–H groups in total. The summed E-state index contributed by atoms with van der Waals surface area (Å²) < 4.78 is 5.14. The monoisotopic (exact) mass is 357 g/mol. The van der Waals surface area contributed by atoms with E-state index in [4.69, 9.17) is 4.74 Å². The Morgan fingerprint density at radius 1 is 1.19 bits per heavy atom. The van der Waals surface area contributed by atoms with Crippen LogP contribution in [0.5, 0.6) is 0 Å². The van der Waals surface area contributed by atoms with Gasteiger partial charge in [-0.05, 0) is 37.3 Å². The van der Waals surface area contributed by atoms with Crippen molar-refractivity contribution >= 4 is 17.4 Å². The Bertz CT molecular complexity index is 744. The topological polar surface area (TPSA) is 66.8 Å². The Hall–Kier alpha value is -2.14.